The standard InChI is InChI=1S/C17H24N2O/c1-13-6-8-15-4-2-3-5-16(15)19(13)17(20)9-7-14-10-11-18-12-14/h2-5,13-14,18H,6-12H2,1H3. The Kier molecular flexibility index (Phi) is 4.06. The van der Waals surface area contributed by atoms with Gasteiger partial charge in [-0.25, -0.2) is 0 Å². The molecule has 2 unspecified atom stereocenters. The maximum absolute atomic E-state index is 12.6. The molecule has 2 atom stereocenters. The van der Waals surface area contributed by atoms with Crippen LogP contribution in [-0.4, -0.2) is 25.0 Å². The van der Waals surface area contributed by atoms with Crippen molar-refractivity contribution in [2.75, 3.05) is 18.0 Å². The third kappa shape index (κ3) is 2.73. The first-order valence-electron chi connectivity index (χ1n) is 7.86. The van der Waals surface area contributed by atoms with Crippen LogP contribution >= 0.6 is 0 Å². The number of carbonyl (C=O) groups excluding carboxylic acids is 1. The van der Waals surface area contributed by atoms with Crippen LogP contribution in [0.25, 0.3) is 0 Å². The number of para-hydroxylation sites is 1. The number of rotatable bonds is 3. The number of hydrogen-bond acceptors (Lipinski definition) is 2. The first kappa shape index (κ1) is 13.6. The van der Waals surface area contributed by atoms with E-state index in [4.69, 9.17) is 0 Å². The molecule has 3 rings (SSSR count). The van der Waals surface area contributed by atoms with Crippen molar-refractivity contribution in [1.82, 2.24) is 5.32 Å². The molecule has 20 heavy (non-hydrogen) atoms. The average Bonchev–Trinajstić information content (AvgIpc) is 2.98. The van der Waals surface area contributed by atoms with E-state index in [9.17, 15) is 4.79 Å². The van der Waals surface area contributed by atoms with Gasteiger partial charge in [-0.05, 0) is 63.2 Å². The van der Waals surface area contributed by atoms with Crippen molar-refractivity contribution in [3.63, 3.8) is 0 Å². The number of aryl methyl sites for hydroxylation is 1. The summed E-state index contributed by atoms with van der Waals surface area (Å²) >= 11 is 0. The predicted molar refractivity (Wildman–Crippen MR) is 81.9 cm³/mol. The fourth-order valence-electron chi connectivity index (χ4n) is 3.48. The molecule has 1 aromatic rings. The zero-order valence-electron chi connectivity index (χ0n) is 12.3. The number of carbonyl (C=O) groups is 1. The Morgan fingerprint density at radius 3 is 3.00 bits per heavy atom. The lowest BCUT2D eigenvalue weighted by Crippen LogP contribution is -2.42. The molecule has 1 aromatic carbocycles. The van der Waals surface area contributed by atoms with Crippen LogP contribution in [0.2, 0.25) is 0 Å². The molecule has 108 valence electrons. The minimum Gasteiger partial charge on any atom is -0.316 e. The van der Waals surface area contributed by atoms with E-state index in [1.54, 1.807) is 0 Å². The van der Waals surface area contributed by atoms with Crippen LogP contribution in [0.15, 0.2) is 24.3 Å². The van der Waals surface area contributed by atoms with E-state index in [2.05, 4.69) is 30.4 Å². The average molecular weight is 272 g/mol. The van der Waals surface area contributed by atoms with Crippen molar-refractivity contribution in [2.24, 2.45) is 5.92 Å². The van der Waals surface area contributed by atoms with Gasteiger partial charge in [0.05, 0.1) is 0 Å². The molecule has 0 aromatic heterocycles. The molecule has 1 N–H and O–H groups in total. The molecule has 0 saturated carbocycles. The lowest BCUT2D eigenvalue weighted by Gasteiger charge is -2.35. The first-order chi connectivity index (χ1) is 9.75. The Bertz CT molecular complexity index is 480. The summed E-state index contributed by atoms with van der Waals surface area (Å²) in [5.41, 5.74) is 2.46. The molecule has 2 aliphatic rings. The van der Waals surface area contributed by atoms with Crippen molar-refractivity contribution in [2.45, 2.75) is 45.1 Å². The van der Waals surface area contributed by atoms with Gasteiger partial charge in [0.2, 0.25) is 5.91 Å². The van der Waals surface area contributed by atoms with Crippen molar-refractivity contribution in [1.29, 1.82) is 0 Å². The summed E-state index contributed by atoms with van der Waals surface area (Å²) in [6, 6.07) is 8.70. The molecule has 2 aliphatic heterocycles. The number of hydrogen-bond donors (Lipinski definition) is 1. The van der Waals surface area contributed by atoms with Gasteiger partial charge in [0.15, 0.2) is 0 Å². The molecule has 1 fully saturated rings. The van der Waals surface area contributed by atoms with Gasteiger partial charge in [-0.1, -0.05) is 18.2 Å². The van der Waals surface area contributed by atoms with Crippen LogP contribution in [-0.2, 0) is 11.2 Å². The van der Waals surface area contributed by atoms with Gasteiger partial charge in [0.1, 0.15) is 0 Å². The van der Waals surface area contributed by atoms with Gasteiger partial charge in [-0.3, -0.25) is 4.79 Å². The topological polar surface area (TPSA) is 32.3 Å². The van der Waals surface area contributed by atoms with Gasteiger partial charge in [0, 0.05) is 18.2 Å². The number of benzene rings is 1. The molecule has 2 heterocycles. The molecule has 1 amide bonds. The molecule has 0 aliphatic carbocycles. The first-order valence-corrected chi connectivity index (χ1v) is 7.86. The van der Waals surface area contributed by atoms with E-state index in [1.807, 2.05) is 11.0 Å². The van der Waals surface area contributed by atoms with Gasteiger partial charge < -0.3 is 10.2 Å². The highest BCUT2D eigenvalue weighted by Crippen LogP contribution is 2.31. The van der Waals surface area contributed by atoms with Crippen molar-refractivity contribution < 1.29 is 4.79 Å². The number of amides is 1. The van der Waals surface area contributed by atoms with Crippen molar-refractivity contribution in [3.8, 4) is 0 Å². The van der Waals surface area contributed by atoms with Gasteiger partial charge in [-0.2, -0.15) is 0 Å². The van der Waals surface area contributed by atoms with Crippen molar-refractivity contribution >= 4 is 11.6 Å². The van der Waals surface area contributed by atoms with Crippen LogP contribution < -0.4 is 10.2 Å². The molecule has 3 nitrogen and oxygen atoms in total. The van der Waals surface area contributed by atoms with E-state index in [0.717, 1.165) is 38.0 Å². The molecule has 3 heteroatoms. The van der Waals surface area contributed by atoms with Crippen LogP contribution in [0.3, 0.4) is 0 Å². The number of nitrogens with zero attached hydrogens (tertiary/aromatic N) is 1. The fraction of sp³-hybridized carbons (Fsp3) is 0.588. The molecule has 0 radical (unpaired) electrons. The van der Waals surface area contributed by atoms with Gasteiger partial charge in [0.25, 0.3) is 0 Å². The smallest absolute Gasteiger partial charge is 0.227 e. The number of fused-ring (bicyclic) bond motifs is 1. The van der Waals surface area contributed by atoms with E-state index < -0.39 is 0 Å². The van der Waals surface area contributed by atoms with E-state index >= 15 is 0 Å². The Labute approximate surface area is 121 Å². The van der Waals surface area contributed by atoms with Crippen molar-refractivity contribution in [3.05, 3.63) is 29.8 Å². The summed E-state index contributed by atoms with van der Waals surface area (Å²) in [6.45, 7) is 4.37. The SMILES string of the molecule is CC1CCc2ccccc2N1C(=O)CCC1CCNC1. The second-order valence-electron chi connectivity index (χ2n) is 6.18. The normalized spacial score (nSPS) is 25.6. The molecule has 0 spiro atoms. The second-order valence-corrected chi connectivity index (χ2v) is 6.18. The summed E-state index contributed by atoms with van der Waals surface area (Å²) < 4.78 is 0. The lowest BCUT2D eigenvalue weighted by atomic mass is 9.95. The van der Waals surface area contributed by atoms with Crippen LogP contribution in [0.5, 0.6) is 0 Å². The van der Waals surface area contributed by atoms with E-state index in [0.29, 0.717) is 24.3 Å². The molecule has 1 saturated heterocycles. The Morgan fingerprint density at radius 1 is 1.35 bits per heavy atom. The largest absolute Gasteiger partial charge is 0.316 e. The summed E-state index contributed by atoms with van der Waals surface area (Å²) in [7, 11) is 0. The van der Waals surface area contributed by atoms with Crippen LogP contribution in [0.1, 0.15) is 38.2 Å². The van der Waals surface area contributed by atoms with Crippen LogP contribution in [0.4, 0.5) is 5.69 Å². The monoisotopic (exact) mass is 272 g/mol. The van der Waals surface area contributed by atoms with Crippen LogP contribution in [0, 0.1) is 5.92 Å². The highest BCUT2D eigenvalue weighted by Gasteiger charge is 2.28. The minimum absolute atomic E-state index is 0.302. The fourth-order valence-corrected chi connectivity index (χ4v) is 3.48. The highest BCUT2D eigenvalue weighted by molar-refractivity contribution is 5.95. The summed E-state index contributed by atoms with van der Waals surface area (Å²) in [4.78, 5) is 14.7. The third-order valence-corrected chi connectivity index (χ3v) is 4.72. The maximum atomic E-state index is 12.6. The number of anilines is 1. The molecular weight excluding hydrogens is 248 g/mol. The molecule has 0 bridgehead atoms. The lowest BCUT2D eigenvalue weighted by molar-refractivity contribution is -0.119. The number of nitrogens with one attached hydrogen (secondary N) is 1. The van der Waals surface area contributed by atoms with Gasteiger partial charge in [-0.15, -0.1) is 0 Å². The summed E-state index contributed by atoms with van der Waals surface area (Å²) in [5, 5.41) is 3.38. The second kappa shape index (κ2) is 5.96. The Balaban J connectivity index is 1.69. The summed E-state index contributed by atoms with van der Waals surface area (Å²) in [5.74, 6) is 0.992. The Hall–Kier alpha value is -1.35. The minimum atomic E-state index is 0.302. The third-order valence-electron chi connectivity index (χ3n) is 4.72. The predicted octanol–water partition coefficient (Wildman–Crippen LogP) is 2.74. The zero-order chi connectivity index (χ0) is 13.9. The quantitative estimate of drug-likeness (QED) is 0.917. The van der Waals surface area contributed by atoms with E-state index in [-0.39, 0.29) is 0 Å². The molecular formula is C17H24N2O. The summed E-state index contributed by atoms with van der Waals surface area (Å²) in [6.07, 6.45) is 5.10. The zero-order valence-corrected chi connectivity index (χ0v) is 12.3. The van der Waals surface area contributed by atoms with Gasteiger partial charge >= 0.3 is 0 Å². The Morgan fingerprint density at radius 2 is 2.20 bits per heavy atom. The highest BCUT2D eigenvalue weighted by atomic mass is 16.2. The maximum Gasteiger partial charge on any atom is 0.227 e. The van der Waals surface area contributed by atoms with E-state index in [1.165, 1.54) is 12.0 Å².